The standard InChI is InChI=1S/C20H32N4O.HI/c1-4-14-25-19-12-7-6-10-17(19)15-22-20(21-3)23-16-18-11-8-9-13-24(18)5-2;/h4,6-7,10,12,18H,1,5,8-9,11,13-16H2,2-3H3,(H2,21,22,23);1H. The first kappa shape index (κ1) is 22.8. The Hall–Kier alpha value is -1.28. The summed E-state index contributed by atoms with van der Waals surface area (Å²) in [6, 6.07) is 8.66. The van der Waals surface area contributed by atoms with Crippen molar-refractivity contribution in [3.05, 3.63) is 42.5 Å². The number of hydrogen-bond acceptors (Lipinski definition) is 3. The fourth-order valence-corrected chi connectivity index (χ4v) is 3.26. The van der Waals surface area contributed by atoms with Gasteiger partial charge in [0.25, 0.3) is 0 Å². The summed E-state index contributed by atoms with van der Waals surface area (Å²) in [6.45, 7) is 10.4. The molecule has 0 amide bonds. The van der Waals surface area contributed by atoms with Gasteiger partial charge < -0.3 is 15.4 Å². The van der Waals surface area contributed by atoms with E-state index in [-0.39, 0.29) is 24.0 Å². The average molecular weight is 472 g/mol. The van der Waals surface area contributed by atoms with E-state index >= 15 is 0 Å². The summed E-state index contributed by atoms with van der Waals surface area (Å²) in [5, 5.41) is 6.87. The number of likely N-dealkylation sites (N-methyl/N-ethyl adjacent to an activating group) is 1. The first-order valence-corrected chi connectivity index (χ1v) is 9.28. The van der Waals surface area contributed by atoms with E-state index in [9.17, 15) is 0 Å². The predicted molar refractivity (Wildman–Crippen MR) is 121 cm³/mol. The fourth-order valence-electron chi connectivity index (χ4n) is 3.26. The highest BCUT2D eigenvalue weighted by atomic mass is 127. The van der Waals surface area contributed by atoms with Gasteiger partial charge in [-0.2, -0.15) is 0 Å². The number of ether oxygens (including phenoxy) is 1. The maximum absolute atomic E-state index is 5.71. The van der Waals surface area contributed by atoms with Crippen molar-refractivity contribution in [3.8, 4) is 5.75 Å². The van der Waals surface area contributed by atoms with Crippen LogP contribution in [0.25, 0.3) is 0 Å². The van der Waals surface area contributed by atoms with Crippen molar-refractivity contribution >= 4 is 29.9 Å². The second kappa shape index (κ2) is 13.0. The predicted octanol–water partition coefficient (Wildman–Crippen LogP) is 3.41. The van der Waals surface area contributed by atoms with Crippen LogP contribution in [0.15, 0.2) is 41.9 Å². The molecule has 6 heteroatoms. The molecular formula is C20H33IN4O. The molecule has 0 aromatic heterocycles. The number of guanidine groups is 1. The molecule has 0 radical (unpaired) electrons. The Bertz CT molecular complexity index is 564. The van der Waals surface area contributed by atoms with E-state index in [1.54, 1.807) is 6.08 Å². The van der Waals surface area contributed by atoms with E-state index in [1.165, 1.54) is 25.8 Å². The molecule has 1 unspecified atom stereocenters. The lowest BCUT2D eigenvalue weighted by Crippen LogP contribution is -2.48. The minimum absolute atomic E-state index is 0. The molecule has 1 heterocycles. The van der Waals surface area contributed by atoms with Gasteiger partial charge in [-0.1, -0.05) is 44.2 Å². The van der Waals surface area contributed by atoms with E-state index in [2.05, 4.69) is 40.1 Å². The molecule has 0 spiro atoms. The quantitative estimate of drug-likeness (QED) is 0.264. The van der Waals surface area contributed by atoms with E-state index in [0.717, 1.165) is 30.4 Å². The molecular weight excluding hydrogens is 439 g/mol. The lowest BCUT2D eigenvalue weighted by molar-refractivity contribution is 0.157. The van der Waals surface area contributed by atoms with Gasteiger partial charge in [0, 0.05) is 31.7 Å². The molecule has 2 N–H and O–H groups in total. The number of aliphatic imine (C=N–C) groups is 1. The maximum atomic E-state index is 5.71. The minimum atomic E-state index is 0. The Kier molecular flexibility index (Phi) is 11.4. The fraction of sp³-hybridized carbons (Fsp3) is 0.550. The Labute approximate surface area is 175 Å². The second-order valence-corrected chi connectivity index (χ2v) is 6.29. The third-order valence-electron chi connectivity index (χ3n) is 4.66. The average Bonchev–Trinajstić information content (AvgIpc) is 2.67. The lowest BCUT2D eigenvalue weighted by atomic mass is 10.0. The van der Waals surface area contributed by atoms with Gasteiger partial charge in [-0.05, 0) is 32.0 Å². The zero-order valence-electron chi connectivity index (χ0n) is 16.0. The zero-order chi connectivity index (χ0) is 17.9. The highest BCUT2D eigenvalue weighted by Gasteiger charge is 2.20. The van der Waals surface area contributed by atoms with Crippen LogP contribution in [0.5, 0.6) is 5.75 Å². The summed E-state index contributed by atoms with van der Waals surface area (Å²) in [7, 11) is 1.81. The zero-order valence-corrected chi connectivity index (χ0v) is 18.4. The van der Waals surface area contributed by atoms with Crippen molar-refractivity contribution in [2.75, 3.05) is 33.3 Å². The Morgan fingerprint density at radius 1 is 1.35 bits per heavy atom. The molecule has 0 aliphatic carbocycles. The topological polar surface area (TPSA) is 48.9 Å². The Morgan fingerprint density at radius 2 is 2.15 bits per heavy atom. The van der Waals surface area contributed by atoms with Gasteiger partial charge in [-0.25, -0.2) is 0 Å². The van der Waals surface area contributed by atoms with E-state index in [4.69, 9.17) is 4.74 Å². The number of likely N-dealkylation sites (tertiary alicyclic amines) is 1. The van der Waals surface area contributed by atoms with Crippen molar-refractivity contribution in [2.24, 2.45) is 4.99 Å². The summed E-state index contributed by atoms with van der Waals surface area (Å²) < 4.78 is 5.71. The van der Waals surface area contributed by atoms with Crippen LogP contribution in [0.1, 0.15) is 31.7 Å². The van der Waals surface area contributed by atoms with Crippen LogP contribution in [0.3, 0.4) is 0 Å². The third kappa shape index (κ3) is 7.15. The highest BCUT2D eigenvalue weighted by molar-refractivity contribution is 14.0. The summed E-state index contributed by atoms with van der Waals surface area (Å²) >= 11 is 0. The molecule has 1 aliphatic rings. The van der Waals surface area contributed by atoms with Gasteiger partial charge in [0.2, 0.25) is 0 Å². The van der Waals surface area contributed by atoms with Crippen LogP contribution in [-0.2, 0) is 6.54 Å². The van der Waals surface area contributed by atoms with Crippen LogP contribution in [0.4, 0.5) is 0 Å². The van der Waals surface area contributed by atoms with Crippen molar-refractivity contribution in [3.63, 3.8) is 0 Å². The number of para-hydroxylation sites is 1. The number of benzene rings is 1. The first-order chi connectivity index (χ1) is 12.3. The third-order valence-corrected chi connectivity index (χ3v) is 4.66. The van der Waals surface area contributed by atoms with Gasteiger partial charge >= 0.3 is 0 Å². The molecule has 1 atom stereocenters. The molecule has 2 rings (SSSR count). The van der Waals surface area contributed by atoms with E-state index < -0.39 is 0 Å². The molecule has 1 aliphatic heterocycles. The van der Waals surface area contributed by atoms with E-state index in [0.29, 0.717) is 19.2 Å². The van der Waals surface area contributed by atoms with Crippen molar-refractivity contribution < 1.29 is 4.74 Å². The molecule has 5 nitrogen and oxygen atoms in total. The number of hydrogen-bond donors (Lipinski definition) is 2. The lowest BCUT2D eigenvalue weighted by Gasteiger charge is -2.35. The first-order valence-electron chi connectivity index (χ1n) is 9.28. The normalized spacial score (nSPS) is 17.9. The van der Waals surface area contributed by atoms with Crippen LogP contribution < -0.4 is 15.4 Å². The summed E-state index contributed by atoms with van der Waals surface area (Å²) in [5.74, 6) is 1.72. The monoisotopic (exact) mass is 472 g/mol. The van der Waals surface area contributed by atoms with Crippen LogP contribution in [-0.4, -0.2) is 50.2 Å². The van der Waals surface area contributed by atoms with Crippen LogP contribution in [0.2, 0.25) is 0 Å². The second-order valence-electron chi connectivity index (χ2n) is 6.29. The summed E-state index contributed by atoms with van der Waals surface area (Å²) in [6.07, 6.45) is 5.66. The molecule has 1 saturated heterocycles. The van der Waals surface area contributed by atoms with Gasteiger partial charge in [0.15, 0.2) is 5.96 Å². The van der Waals surface area contributed by atoms with Crippen molar-refractivity contribution in [1.82, 2.24) is 15.5 Å². The molecule has 1 fully saturated rings. The van der Waals surface area contributed by atoms with Gasteiger partial charge in [-0.15, -0.1) is 24.0 Å². The van der Waals surface area contributed by atoms with Crippen molar-refractivity contribution in [1.29, 1.82) is 0 Å². The highest BCUT2D eigenvalue weighted by Crippen LogP contribution is 2.18. The largest absolute Gasteiger partial charge is 0.489 e. The molecule has 0 saturated carbocycles. The smallest absolute Gasteiger partial charge is 0.191 e. The number of halogens is 1. The number of piperidine rings is 1. The molecule has 146 valence electrons. The Morgan fingerprint density at radius 3 is 2.88 bits per heavy atom. The molecule has 0 bridgehead atoms. The molecule has 1 aromatic rings. The maximum Gasteiger partial charge on any atom is 0.191 e. The molecule has 1 aromatic carbocycles. The van der Waals surface area contributed by atoms with Crippen LogP contribution >= 0.6 is 24.0 Å². The Balaban J connectivity index is 0.00000338. The summed E-state index contributed by atoms with van der Waals surface area (Å²) in [4.78, 5) is 6.91. The van der Waals surface area contributed by atoms with Gasteiger partial charge in [-0.3, -0.25) is 9.89 Å². The van der Waals surface area contributed by atoms with Crippen molar-refractivity contribution in [2.45, 2.75) is 38.8 Å². The number of nitrogens with zero attached hydrogens (tertiary/aromatic N) is 2. The summed E-state index contributed by atoms with van der Waals surface area (Å²) in [5.41, 5.74) is 1.11. The van der Waals surface area contributed by atoms with Crippen LogP contribution in [0, 0.1) is 0 Å². The van der Waals surface area contributed by atoms with E-state index in [1.807, 2.05) is 25.2 Å². The minimum Gasteiger partial charge on any atom is -0.489 e. The molecule has 26 heavy (non-hydrogen) atoms. The SMILES string of the molecule is C=CCOc1ccccc1CNC(=NC)NCC1CCCCN1CC.I. The number of rotatable bonds is 8. The number of nitrogens with one attached hydrogen (secondary N) is 2. The van der Waals surface area contributed by atoms with Gasteiger partial charge in [0.05, 0.1) is 0 Å². The van der Waals surface area contributed by atoms with Gasteiger partial charge in [0.1, 0.15) is 12.4 Å².